The first kappa shape index (κ1) is 18.2. The molecule has 1 N–H and O–H groups in total. The van der Waals surface area contributed by atoms with Gasteiger partial charge in [-0.1, -0.05) is 26.2 Å². The lowest BCUT2D eigenvalue weighted by Crippen LogP contribution is -2.29. The van der Waals surface area contributed by atoms with Gasteiger partial charge in [-0.25, -0.2) is 9.59 Å². The molecule has 0 bridgehead atoms. The van der Waals surface area contributed by atoms with E-state index in [1.54, 1.807) is 0 Å². The van der Waals surface area contributed by atoms with Gasteiger partial charge < -0.3 is 14.6 Å². The Hall–Kier alpha value is -1.85. The Morgan fingerprint density at radius 2 is 1.82 bits per heavy atom. The van der Waals surface area contributed by atoms with E-state index in [1.165, 1.54) is 6.92 Å². The maximum atomic E-state index is 12.1. The SMILES string of the molecule is CCCC(OC(=O)/C(C)=C/C(=O)O)OC(=O)C1CCCCC1. The molecule has 1 fully saturated rings. The Morgan fingerprint density at radius 1 is 1.18 bits per heavy atom. The van der Waals surface area contributed by atoms with Gasteiger partial charge in [-0.15, -0.1) is 0 Å². The topological polar surface area (TPSA) is 89.9 Å². The molecule has 0 aromatic heterocycles. The normalized spacial score (nSPS) is 17.6. The summed E-state index contributed by atoms with van der Waals surface area (Å²) in [6.07, 6.45) is 5.67. The molecule has 22 heavy (non-hydrogen) atoms. The monoisotopic (exact) mass is 312 g/mol. The smallest absolute Gasteiger partial charge is 0.337 e. The van der Waals surface area contributed by atoms with E-state index in [0.29, 0.717) is 12.8 Å². The lowest BCUT2D eigenvalue weighted by molar-refractivity contribution is -0.190. The van der Waals surface area contributed by atoms with Crippen LogP contribution in [0.2, 0.25) is 0 Å². The molecule has 6 nitrogen and oxygen atoms in total. The zero-order valence-corrected chi connectivity index (χ0v) is 13.2. The molecule has 6 heteroatoms. The van der Waals surface area contributed by atoms with Crippen molar-refractivity contribution < 1.29 is 29.0 Å². The largest absolute Gasteiger partial charge is 0.478 e. The van der Waals surface area contributed by atoms with Crippen LogP contribution in [-0.4, -0.2) is 29.3 Å². The van der Waals surface area contributed by atoms with Gasteiger partial charge in [0.25, 0.3) is 0 Å². The number of hydrogen-bond donors (Lipinski definition) is 1. The van der Waals surface area contributed by atoms with E-state index in [1.807, 2.05) is 6.92 Å². The Balaban J connectivity index is 2.58. The zero-order valence-electron chi connectivity index (χ0n) is 13.2. The quantitative estimate of drug-likeness (QED) is 0.441. The van der Waals surface area contributed by atoms with Crippen molar-refractivity contribution in [3.63, 3.8) is 0 Å². The summed E-state index contributed by atoms with van der Waals surface area (Å²) in [5.41, 5.74) is -0.0395. The van der Waals surface area contributed by atoms with Crippen LogP contribution in [0.3, 0.4) is 0 Å². The molecule has 1 atom stereocenters. The standard InChI is InChI=1S/C16H24O6/c1-3-7-14(21-15(19)11(2)10-13(17)18)22-16(20)12-8-5-4-6-9-12/h10,12,14H,3-9H2,1-2H3,(H,17,18)/b11-10+. The van der Waals surface area contributed by atoms with Crippen molar-refractivity contribution in [1.82, 2.24) is 0 Å². The van der Waals surface area contributed by atoms with E-state index in [-0.39, 0.29) is 17.5 Å². The number of carboxylic acid groups (broad SMARTS) is 1. The average Bonchev–Trinajstić information content (AvgIpc) is 2.47. The molecule has 0 aromatic carbocycles. The summed E-state index contributed by atoms with van der Waals surface area (Å²) in [5, 5.41) is 8.62. The minimum Gasteiger partial charge on any atom is -0.478 e. The summed E-state index contributed by atoms with van der Waals surface area (Å²) in [4.78, 5) is 34.4. The Bertz CT molecular complexity index is 434. The van der Waals surface area contributed by atoms with Crippen molar-refractivity contribution in [2.24, 2.45) is 5.92 Å². The maximum Gasteiger partial charge on any atom is 0.337 e. The number of rotatable bonds is 7. The van der Waals surface area contributed by atoms with E-state index in [2.05, 4.69) is 0 Å². The highest BCUT2D eigenvalue weighted by molar-refractivity contribution is 5.95. The lowest BCUT2D eigenvalue weighted by atomic mass is 9.89. The third-order valence-electron chi connectivity index (χ3n) is 3.61. The number of carbonyl (C=O) groups excluding carboxylic acids is 2. The highest BCUT2D eigenvalue weighted by Gasteiger charge is 2.26. The fourth-order valence-corrected chi connectivity index (χ4v) is 2.40. The first-order chi connectivity index (χ1) is 10.4. The number of ether oxygens (including phenoxy) is 2. The highest BCUT2D eigenvalue weighted by Crippen LogP contribution is 2.25. The zero-order chi connectivity index (χ0) is 16.5. The second kappa shape index (κ2) is 9.23. The van der Waals surface area contributed by atoms with Gasteiger partial charge in [-0.3, -0.25) is 4.79 Å². The molecule has 0 radical (unpaired) electrons. The van der Waals surface area contributed by atoms with Crippen LogP contribution in [0.4, 0.5) is 0 Å². The fourth-order valence-electron chi connectivity index (χ4n) is 2.40. The third kappa shape index (κ3) is 6.28. The van der Waals surface area contributed by atoms with Crippen LogP contribution in [0.15, 0.2) is 11.6 Å². The first-order valence-electron chi connectivity index (χ1n) is 7.76. The minimum absolute atomic E-state index is 0.0395. The van der Waals surface area contributed by atoms with E-state index in [4.69, 9.17) is 14.6 Å². The number of carboxylic acids is 1. The van der Waals surface area contributed by atoms with E-state index in [9.17, 15) is 14.4 Å². The van der Waals surface area contributed by atoms with Crippen molar-refractivity contribution in [3.8, 4) is 0 Å². The summed E-state index contributed by atoms with van der Waals surface area (Å²) >= 11 is 0. The van der Waals surface area contributed by atoms with Crippen LogP contribution in [-0.2, 0) is 23.9 Å². The van der Waals surface area contributed by atoms with Gasteiger partial charge in [-0.05, 0) is 26.2 Å². The molecule has 124 valence electrons. The molecule has 1 unspecified atom stereocenters. The van der Waals surface area contributed by atoms with Gasteiger partial charge >= 0.3 is 17.9 Å². The van der Waals surface area contributed by atoms with Crippen LogP contribution < -0.4 is 0 Å². The molecule has 0 aliphatic heterocycles. The van der Waals surface area contributed by atoms with Crippen LogP contribution in [0.5, 0.6) is 0 Å². The molecular formula is C16H24O6. The fraction of sp³-hybridized carbons (Fsp3) is 0.688. The van der Waals surface area contributed by atoms with Gasteiger partial charge in [0.15, 0.2) is 0 Å². The highest BCUT2D eigenvalue weighted by atomic mass is 16.7. The van der Waals surface area contributed by atoms with Crippen molar-refractivity contribution >= 4 is 17.9 Å². The van der Waals surface area contributed by atoms with Gasteiger partial charge in [0.05, 0.1) is 5.92 Å². The molecule has 1 rings (SSSR count). The molecule has 1 aliphatic rings. The second-order valence-corrected chi connectivity index (χ2v) is 5.56. The minimum atomic E-state index is -1.22. The van der Waals surface area contributed by atoms with Crippen LogP contribution in [0, 0.1) is 5.92 Å². The van der Waals surface area contributed by atoms with Crippen molar-refractivity contribution in [1.29, 1.82) is 0 Å². The summed E-state index contributed by atoms with van der Waals surface area (Å²) < 4.78 is 10.4. The van der Waals surface area contributed by atoms with E-state index >= 15 is 0 Å². The predicted octanol–water partition coefficient (Wildman–Crippen LogP) is 2.81. The first-order valence-corrected chi connectivity index (χ1v) is 7.76. The molecule has 1 saturated carbocycles. The molecule has 0 amide bonds. The van der Waals surface area contributed by atoms with Crippen molar-refractivity contribution in [2.75, 3.05) is 0 Å². The van der Waals surface area contributed by atoms with Gasteiger partial charge in [0.2, 0.25) is 6.29 Å². The summed E-state index contributed by atoms with van der Waals surface area (Å²) in [7, 11) is 0. The summed E-state index contributed by atoms with van der Waals surface area (Å²) in [5.74, 6) is -2.45. The van der Waals surface area contributed by atoms with Crippen LogP contribution in [0.25, 0.3) is 0 Å². The van der Waals surface area contributed by atoms with Gasteiger partial charge in [0.1, 0.15) is 0 Å². The Labute approximate surface area is 130 Å². The Morgan fingerprint density at radius 3 is 2.36 bits per heavy atom. The van der Waals surface area contributed by atoms with Crippen molar-refractivity contribution in [3.05, 3.63) is 11.6 Å². The molecule has 0 spiro atoms. The molecule has 0 heterocycles. The number of aliphatic carboxylic acids is 1. The average molecular weight is 312 g/mol. The molecule has 1 aliphatic carbocycles. The van der Waals surface area contributed by atoms with Crippen LogP contribution in [0.1, 0.15) is 58.8 Å². The predicted molar refractivity (Wildman–Crippen MR) is 78.8 cm³/mol. The molecular weight excluding hydrogens is 288 g/mol. The van der Waals surface area contributed by atoms with Crippen molar-refractivity contribution in [2.45, 2.75) is 65.1 Å². The Kier molecular flexibility index (Phi) is 7.63. The number of esters is 2. The van der Waals surface area contributed by atoms with Gasteiger partial charge in [-0.2, -0.15) is 0 Å². The number of carbonyl (C=O) groups is 3. The molecule has 0 aromatic rings. The van der Waals surface area contributed by atoms with E-state index < -0.39 is 18.2 Å². The third-order valence-corrected chi connectivity index (χ3v) is 3.61. The molecule has 0 saturated heterocycles. The summed E-state index contributed by atoms with van der Waals surface area (Å²) in [6, 6.07) is 0. The second-order valence-electron chi connectivity index (χ2n) is 5.56. The maximum absolute atomic E-state index is 12.1. The van der Waals surface area contributed by atoms with E-state index in [0.717, 1.165) is 38.2 Å². The van der Waals surface area contributed by atoms with Gasteiger partial charge in [0, 0.05) is 18.1 Å². The number of hydrogen-bond acceptors (Lipinski definition) is 5. The lowest BCUT2D eigenvalue weighted by Gasteiger charge is -2.23. The summed E-state index contributed by atoms with van der Waals surface area (Å²) in [6.45, 7) is 3.23. The van der Waals surface area contributed by atoms with Crippen LogP contribution >= 0.6 is 0 Å².